The fraction of sp³-hybridized carbons (Fsp3) is 0.154. The van der Waals surface area contributed by atoms with E-state index in [1.54, 1.807) is 44.7 Å². The number of aromatic amines is 1. The van der Waals surface area contributed by atoms with E-state index >= 15 is 0 Å². The molecule has 0 amide bonds. The Labute approximate surface area is 104 Å². The maximum Gasteiger partial charge on any atom is 0.352 e. The zero-order chi connectivity index (χ0) is 13.1. The van der Waals surface area contributed by atoms with Gasteiger partial charge < -0.3 is 19.6 Å². The first kappa shape index (κ1) is 12.0. The van der Waals surface area contributed by atoms with Crippen LogP contribution in [0.3, 0.4) is 0 Å². The van der Waals surface area contributed by atoms with E-state index in [9.17, 15) is 4.79 Å². The van der Waals surface area contributed by atoms with Gasteiger partial charge in [-0.2, -0.15) is 0 Å². The van der Waals surface area contributed by atoms with E-state index in [-0.39, 0.29) is 5.69 Å². The van der Waals surface area contributed by atoms with Crippen LogP contribution in [-0.4, -0.2) is 30.3 Å². The maximum atomic E-state index is 11.1. The Bertz CT molecular complexity index is 574. The molecule has 0 fully saturated rings. The lowest BCUT2D eigenvalue weighted by atomic mass is 10.0. The molecular weight excluding hydrogens is 234 g/mol. The highest BCUT2D eigenvalue weighted by molar-refractivity contribution is 5.95. The lowest BCUT2D eigenvalue weighted by Gasteiger charge is -2.10. The van der Waals surface area contributed by atoms with Crippen LogP contribution in [0.1, 0.15) is 10.5 Å². The normalized spacial score (nSPS) is 10.1. The van der Waals surface area contributed by atoms with E-state index in [1.807, 2.05) is 0 Å². The van der Waals surface area contributed by atoms with Crippen LogP contribution in [0.5, 0.6) is 11.5 Å². The number of rotatable bonds is 4. The highest BCUT2D eigenvalue weighted by Crippen LogP contribution is 2.35. The van der Waals surface area contributed by atoms with Crippen LogP contribution in [0.4, 0.5) is 0 Å². The molecule has 0 bridgehead atoms. The van der Waals surface area contributed by atoms with Crippen LogP contribution < -0.4 is 9.47 Å². The topological polar surface area (TPSA) is 71.5 Å². The van der Waals surface area contributed by atoms with Gasteiger partial charge in [-0.05, 0) is 24.3 Å². The van der Waals surface area contributed by atoms with Crippen molar-refractivity contribution < 1.29 is 19.4 Å². The zero-order valence-electron chi connectivity index (χ0n) is 10.1. The Balaban J connectivity index is 2.61. The molecule has 0 radical (unpaired) electrons. The van der Waals surface area contributed by atoms with Gasteiger partial charge in [-0.3, -0.25) is 0 Å². The molecule has 18 heavy (non-hydrogen) atoms. The number of carboxylic acid groups (broad SMARTS) is 1. The molecule has 0 aliphatic heterocycles. The summed E-state index contributed by atoms with van der Waals surface area (Å²) in [5.74, 6) is 0.223. The molecule has 2 N–H and O–H groups in total. The number of methoxy groups -OCH3 is 2. The summed E-state index contributed by atoms with van der Waals surface area (Å²) in [5.41, 5.74) is 1.37. The van der Waals surface area contributed by atoms with Gasteiger partial charge in [-0.1, -0.05) is 0 Å². The van der Waals surface area contributed by atoms with Crippen LogP contribution in [0.25, 0.3) is 11.1 Å². The van der Waals surface area contributed by atoms with Crippen LogP contribution in [0, 0.1) is 0 Å². The third kappa shape index (κ3) is 2.02. The van der Waals surface area contributed by atoms with Crippen molar-refractivity contribution in [1.29, 1.82) is 0 Å². The highest BCUT2D eigenvalue weighted by atomic mass is 16.5. The molecule has 1 heterocycles. The first-order valence-electron chi connectivity index (χ1n) is 5.30. The van der Waals surface area contributed by atoms with Gasteiger partial charge in [-0.15, -0.1) is 0 Å². The van der Waals surface area contributed by atoms with Crippen molar-refractivity contribution in [2.45, 2.75) is 0 Å². The minimum Gasteiger partial charge on any atom is -0.497 e. The molecule has 0 spiro atoms. The molecule has 0 aliphatic carbocycles. The minimum atomic E-state index is -1.01. The number of H-pyrrole nitrogens is 1. The summed E-state index contributed by atoms with van der Waals surface area (Å²) in [7, 11) is 3.10. The lowest BCUT2D eigenvalue weighted by Crippen LogP contribution is -1.99. The van der Waals surface area contributed by atoms with Gasteiger partial charge in [0.2, 0.25) is 0 Å². The number of carboxylic acids is 1. The van der Waals surface area contributed by atoms with Crippen LogP contribution in [0.15, 0.2) is 30.5 Å². The molecule has 5 heteroatoms. The molecule has 2 rings (SSSR count). The summed E-state index contributed by atoms with van der Waals surface area (Å²) < 4.78 is 10.4. The van der Waals surface area contributed by atoms with Crippen molar-refractivity contribution in [3.05, 3.63) is 36.2 Å². The van der Waals surface area contributed by atoms with E-state index in [0.717, 1.165) is 0 Å². The summed E-state index contributed by atoms with van der Waals surface area (Å²) >= 11 is 0. The van der Waals surface area contributed by atoms with Crippen molar-refractivity contribution in [3.63, 3.8) is 0 Å². The number of carbonyl (C=O) groups is 1. The van der Waals surface area contributed by atoms with Gasteiger partial charge in [0.15, 0.2) is 0 Å². The average Bonchev–Trinajstić information content (AvgIpc) is 2.87. The third-order valence-electron chi connectivity index (χ3n) is 2.66. The fourth-order valence-corrected chi connectivity index (χ4v) is 1.80. The second-order valence-electron chi connectivity index (χ2n) is 3.64. The molecule has 0 atom stereocenters. The Kier molecular flexibility index (Phi) is 3.23. The summed E-state index contributed by atoms with van der Waals surface area (Å²) in [4.78, 5) is 13.8. The highest BCUT2D eigenvalue weighted by Gasteiger charge is 2.16. The molecule has 1 aromatic carbocycles. The van der Waals surface area contributed by atoms with Gasteiger partial charge in [0, 0.05) is 17.3 Å². The van der Waals surface area contributed by atoms with Crippen molar-refractivity contribution in [3.8, 4) is 22.6 Å². The molecule has 0 unspecified atom stereocenters. The van der Waals surface area contributed by atoms with Crippen molar-refractivity contribution in [2.75, 3.05) is 14.2 Å². The van der Waals surface area contributed by atoms with Crippen LogP contribution >= 0.6 is 0 Å². The van der Waals surface area contributed by atoms with E-state index in [0.29, 0.717) is 22.6 Å². The second kappa shape index (κ2) is 4.83. The minimum absolute atomic E-state index is 0.126. The summed E-state index contributed by atoms with van der Waals surface area (Å²) in [6, 6.07) is 6.94. The monoisotopic (exact) mass is 247 g/mol. The standard InChI is InChI=1S/C13H13NO4/c1-17-8-3-4-11(18-2)10(7-8)9-5-6-14-12(9)13(15)16/h3-7,14H,1-2H3,(H,15,16). The molecule has 94 valence electrons. The summed E-state index contributed by atoms with van der Waals surface area (Å²) in [5, 5.41) is 9.10. The molecule has 2 aromatic rings. The smallest absolute Gasteiger partial charge is 0.352 e. The van der Waals surface area contributed by atoms with Crippen molar-refractivity contribution >= 4 is 5.97 Å². The Hall–Kier alpha value is -2.43. The van der Waals surface area contributed by atoms with E-state index in [1.165, 1.54) is 0 Å². The number of ether oxygens (including phenoxy) is 2. The zero-order valence-corrected chi connectivity index (χ0v) is 10.1. The Morgan fingerprint density at radius 3 is 2.56 bits per heavy atom. The number of aromatic carboxylic acids is 1. The quantitative estimate of drug-likeness (QED) is 0.870. The largest absolute Gasteiger partial charge is 0.497 e. The third-order valence-corrected chi connectivity index (χ3v) is 2.66. The van der Waals surface area contributed by atoms with Crippen LogP contribution in [0.2, 0.25) is 0 Å². The maximum absolute atomic E-state index is 11.1. The fourth-order valence-electron chi connectivity index (χ4n) is 1.80. The summed E-state index contributed by atoms with van der Waals surface area (Å²) in [6.45, 7) is 0. The summed E-state index contributed by atoms with van der Waals surface area (Å²) in [6.07, 6.45) is 1.58. The predicted molar refractivity (Wildman–Crippen MR) is 66.3 cm³/mol. The van der Waals surface area contributed by atoms with Gasteiger partial charge in [0.1, 0.15) is 17.2 Å². The molecule has 5 nitrogen and oxygen atoms in total. The Morgan fingerprint density at radius 1 is 1.17 bits per heavy atom. The SMILES string of the molecule is COc1ccc(OC)c(-c2cc[nH]c2C(=O)O)c1. The molecule has 1 aromatic heterocycles. The van der Waals surface area contributed by atoms with Gasteiger partial charge >= 0.3 is 5.97 Å². The number of hydrogen-bond acceptors (Lipinski definition) is 3. The first-order valence-corrected chi connectivity index (χ1v) is 5.30. The average molecular weight is 247 g/mol. The number of nitrogens with one attached hydrogen (secondary N) is 1. The van der Waals surface area contributed by atoms with E-state index in [2.05, 4.69) is 4.98 Å². The molecular formula is C13H13NO4. The van der Waals surface area contributed by atoms with Gasteiger partial charge in [0.05, 0.1) is 14.2 Å². The molecule has 0 saturated carbocycles. The first-order chi connectivity index (χ1) is 8.67. The van der Waals surface area contributed by atoms with Crippen LogP contribution in [-0.2, 0) is 0 Å². The van der Waals surface area contributed by atoms with Gasteiger partial charge in [0.25, 0.3) is 0 Å². The Morgan fingerprint density at radius 2 is 1.94 bits per heavy atom. The van der Waals surface area contributed by atoms with E-state index < -0.39 is 5.97 Å². The molecule has 0 aliphatic rings. The molecule has 0 saturated heterocycles. The number of aromatic nitrogens is 1. The lowest BCUT2D eigenvalue weighted by molar-refractivity contribution is 0.0692. The number of benzene rings is 1. The van der Waals surface area contributed by atoms with E-state index in [4.69, 9.17) is 14.6 Å². The van der Waals surface area contributed by atoms with Crippen molar-refractivity contribution in [1.82, 2.24) is 4.98 Å². The van der Waals surface area contributed by atoms with Gasteiger partial charge in [-0.25, -0.2) is 4.79 Å². The predicted octanol–water partition coefficient (Wildman–Crippen LogP) is 2.40. The van der Waals surface area contributed by atoms with Crippen molar-refractivity contribution in [2.24, 2.45) is 0 Å². The second-order valence-corrected chi connectivity index (χ2v) is 3.64. The number of hydrogen-bond donors (Lipinski definition) is 2.